The highest BCUT2D eigenvalue weighted by molar-refractivity contribution is 6.41. The van der Waals surface area contributed by atoms with Crippen molar-refractivity contribution >= 4 is 74.8 Å². The molecule has 8 N–H and O–H groups in total. The summed E-state index contributed by atoms with van der Waals surface area (Å²) in [4.78, 5) is 67.6. The van der Waals surface area contributed by atoms with Crippen molar-refractivity contribution in [3.63, 3.8) is 0 Å². The third-order valence-corrected chi connectivity index (χ3v) is 10.2. The monoisotopic (exact) mass is 843 g/mol. The summed E-state index contributed by atoms with van der Waals surface area (Å²) >= 11 is 13.5. The highest BCUT2D eigenvalue weighted by Crippen LogP contribution is 2.47. The molecule has 0 radical (unpaired) electrons. The lowest BCUT2D eigenvalue weighted by Gasteiger charge is -2.20. The Morgan fingerprint density at radius 2 is 1.38 bits per heavy atom. The molecule has 2 amide bonds. The smallest absolute Gasteiger partial charge is 0.373 e. The topological polar surface area (TPSA) is 245 Å². The Balaban J connectivity index is 0.00000176. The van der Waals surface area contributed by atoms with Crippen LogP contribution in [0.15, 0.2) is 117 Å². The van der Waals surface area contributed by atoms with Gasteiger partial charge in [-0.25, -0.2) is 4.79 Å². The number of carbonyl (C=O) groups excluding carboxylic acids is 4. The molecule has 2 aliphatic heterocycles. The average molecular weight is 845 g/mol. The fraction of sp³-hybridized carbons (Fsp3) is 0.0455. The minimum atomic E-state index is -1.39. The lowest BCUT2D eigenvalue weighted by Crippen LogP contribution is -2.44. The molecular weight excluding hydrogens is 815 g/mol. The lowest BCUT2D eigenvalue weighted by atomic mass is 9.89. The van der Waals surface area contributed by atoms with Crippen LogP contribution in [0, 0.1) is 0 Å². The molecule has 298 valence electrons. The predicted molar refractivity (Wildman–Crippen MR) is 220 cm³/mol. The number of carboxylic acids is 1. The van der Waals surface area contributed by atoms with Gasteiger partial charge in [-0.15, -0.1) is 0 Å². The van der Waals surface area contributed by atoms with Gasteiger partial charge in [0.2, 0.25) is 5.91 Å². The van der Waals surface area contributed by atoms with Crippen LogP contribution in [0.4, 0.5) is 5.69 Å². The number of hydrogen-bond donors (Lipinski definition) is 6. The number of hydrogen-bond acceptors (Lipinski definition) is 10. The Morgan fingerprint density at radius 1 is 0.750 bits per heavy atom. The molecule has 8 rings (SSSR count). The number of aromatic hydroxyl groups is 1. The molecule has 0 unspecified atom stereocenters. The zero-order chi connectivity index (χ0) is 42.8. The number of phenols is 1. The van der Waals surface area contributed by atoms with E-state index in [4.69, 9.17) is 52.8 Å². The molecule has 0 bridgehead atoms. The summed E-state index contributed by atoms with van der Waals surface area (Å²) in [5, 5.41) is 32.8. The Morgan fingerprint density at radius 3 is 2.10 bits per heavy atom. The molecule has 2 aliphatic carbocycles. The van der Waals surface area contributed by atoms with Crippen molar-refractivity contribution in [2.45, 2.75) is 6.54 Å². The Kier molecular flexibility index (Phi) is 11.2. The number of nitrogens with one attached hydrogen (secondary N) is 2. The van der Waals surface area contributed by atoms with E-state index >= 15 is 0 Å². The first-order valence-corrected chi connectivity index (χ1v) is 18.5. The summed E-state index contributed by atoms with van der Waals surface area (Å²) in [5.74, 6) is -1.96. The van der Waals surface area contributed by atoms with Crippen LogP contribution in [0.5, 0.6) is 5.75 Å². The zero-order valence-corrected chi connectivity index (χ0v) is 32.3. The van der Waals surface area contributed by atoms with Crippen LogP contribution in [0.3, 0.4) is 0 Å². The van der Waals surface area contributed by atoms with Gasteiger partial charge in [0.25, 0.3) is 5.91 Å². The van der Waals surface area contributed by atoms with Crippen LogP contribution < -0.4 is 32.6 Å². The van der Waals surface area contributed by atoms with Crippen molar-refractivity contribution in [3.05, 3.63) is 145 Å². The van der Waals surface area contributed by atoms with Gasteiger partial charge in [-0.2, -0.15) is 9.59 Å². The Bertz CT molecular complexity index is 3140. The van der Waals surface area contributed by atoms with Crippen LogP contribution in [-0.2, 0) is 20.9 Å². The fourth-order valence-corrected chi connectivity index (χ4v) is 7.52. The van der Waals surface area contributed by atoms with Gasteiger partial charge in [0.05, 0.1) is 33.8 Å². The number of rotatable bonds is 8. The van der Waals surface area contributed by atoms with Gasteiger partial charge in [-0.05, 0) is 59.7 Å². The minimum Gasteiger partial charge on any atom is -0.508 e. The maximum absolute atomic E-state index is 13.6. The van der Waals surface area contributed by atoms with Gasteiger partial charge in [-0.3, -0.25) is 19.8 Å². The molecule has 60 heavy (non-hydrogen) atoms. The van der Waals surface area contributed by atoms with Gasteiger partial charge in [0, 0.05) is 75.1 Å². The number of benzene rings is 6. The van der Waals surface area contributed by atoms with Gasteiger partial charge in [-0.1, -0.05) is 47.5 Å². The first-order chi connectivity index (χ1) is 28.8. The zero-order valence-electron chi connectivity index (χ0n) is 30.8. The van der Waals surface area contributed by atoms with E-state index in [0.29, 0.717) is 55.8 Å². The molecule has 4 aromatic rings. The molecule has 0 spiro atoms. The average Bonchev–Trinajstić information content (AvgIpc) is 3.21. The Hall–Kier alpha value is -7.77. The number of nitrogens with two attached hydrogens (primary N) is 2. The van der Waals surface area contributed by atoms with E-state index in [9.17, 15) is 29.4 Å². The Labute approximate surface area is 347 Å². The molecule has 4 aliphatic rings. The van der Waals surface area contributed by atoms with Crippen molar-refractivity contribution in [2.75, 3.05) is 12.3 Å². The number of aromatic carboxylic acids is 1. The summed E-state index contributed by atoms with van der Waals surface area (Å²) in [7, 11) is 0. The van der Waals surface area contributed by atoms with Crippen LogP contribution in [0.2, 0.25) is 10.0 Å². The maximum atomic E-state index is 13.6. The quantitative estimate of drug-likeness (QED) is 0.0824. The maximum Gasteiger partial charge on any atom is 0.373 e. The molecule has 2 heterocycles. The SMILES string of the molecule is Nc1ccc2c(-c3c(Cl)c(C(=O)NCC(=O)NCc4ccc(-c5c6ccc(=O)cc-6oc6cc(O)ccc56)cc4)cc(Cl)c3C(=O)O)c3ccc(=[NH2+])cc-3oc2c1.O=C=O. The summed E-state index contributed by atoms with van der Waals surface area (Å²) in [6.07, 6.45) is 0.250. The molecule has 14 nitrogen and oxygen atoms in total. The summed E-state index contributed by atoms with van der Waals surface area (Å²) < 4.78 is 12.0. The molecule has 0 saturated carbocycles. The normalized spacial score (nSPS) is 10.9. The third-order valence-electron chi connectivity index (χ3n) is 9.51. The van der Waals surface area contributed by atoms with Gasteiger partial charge < -0.3 is 35.4 Å². The molecule has 16 heteroatoms. The van der Waals surface area contributed by atoms with E-state index < -0.39 is 24.3 Å². The first-order valence-electron chi connectivity index (χ1n) is 17.7. The van der Waals surface area contributed by atoms with Crippen LogP contribution in [0.25, 0.3) is 66.8 Å². The molecule has 0 aromatic heterocycles. The number of nitrogen functional groups attached to an aromatic ring is 1. The minimum absolute atomic E-state index is 0.0220. The van der Waals surface area contributed by atoms with E-state index in [1.807, 2.05) is 24.3 Å². The molecule has 0 saturated heterocycles. The van der Waals surface area contributed by atoms with E-state index in [2.05, 4.69) is 10.6 Å². The van der Waals surface area contributed by atoms with Crippen LogP contribution in [-0.4, -0.2) is 40.7 Å². The lowest BCUT2D eigenvalue weighted by molar-refractivity contribution is -0.191. The number of carbonyl (C=O) groups is 3. The highest BCUT2D eigenvalue weighted by atomic mass is 35.5. The van der Waals surface area contributed by atoms with Gasteiger partial charge in [0.15, 0.2) is 10.8 Å². The second-order valence-corrected chi connectivity index (χ2v) is 14.1. The number of halogens is 2. The highest BCUT2D eigenvalue weighted by Gasteiger charge is 2.30. The van der Waals surface area contributed by atoms with E-state index in [1.54, 1.807) is 54.6 Å². The predicted octanol–water partition coefficient (Wildman–Crippen LogP) is 5.50. The van der Waals surface area contributed by atoms with Crippen molar-refractivity contribution < 1.29 is 48.4 Å². The molecule has 0 fully saturated rings. The molecular formula is C44H29Cl2N4O10+. The molecule has 4 aromatic carbocycles. The van der Waals surface area contributed by atoms with E-state index in [-0.39, 0.29) is 50.6 Å². The number of phenolic OH excluding ortho intramolecular Hbond substituents is 1. The number of anilines is 1. The van der Waals surface area contributed by atoms with E-state index in [1.165, 1.54) is 18.2 Å². The summed E-state index contributed by atoms with van der Waals surface area (Å²) in [6, 6.07) is 27.6. The van der Waals surface area contributed by atoms with Crippen LogP contribution in [0.1, 0.15) is 26.3 Å². The summed E-state index contributed by atoms with van der Waals surface area (Å²) in [6.45, 7) is -0.304. The van der Waals surface area contributed by atoms with E-state index in [0.717, 1.165) is 28.1 Å². The second kappa shape index (κ2) is 16.6. The van der Waals surface area contributed by atoms with Crippen molar-refractivity contribution in [1.29, 1.82) is 0 Å². The summed E-state index contributed by atoms with van der Waals surface area (Å²) in [5.41, 5.74) is 10.3. The van der Waals surface area contributed by atoms with Crippen molar-refractivity contribution in [2.24, 2.45) is 0 Å². The second-order valence-electron chi connectivity index (χ2n) is 13.3. The van der Waals surface area contributed by atoms with Crippen molar-refractivity contribution in [3.8, 4) is 50.7 Å². The largest absolute Gasteiger partial charge is 0.508 e. The third kappa shape index (κ3) is 7.89. The number of fused-ring (bicyclic) bond motifs is 4. The van der Waals surface area contributed by atoms with Gasteiger partial charge >= 0.3 is 12.1 Å². The van der Waals surface area contributed by atoms with Crippen molar-refractivity contribution in [1.82, 2.24) is 10.6 Å². The van der Waals surface area contributed by atoms with Crippen LogP contribution >= 0.6 is 23.2 Å². The first kappa shape index (κ1) is 40.4. The molecule has 0 atom stereocenters. The standard InChI is InChI=1S/C43H28Cl2N4O8.CO2/c44-31-17-30(41(45)40(39(31)43(54)55)38-28-9-5-22(46)13-32(28)56-33-14-23(47)6-10-29(33)38)42(53)49-19-36(52)48-18-20-1-3-21(4-2-20)37-26-11-7-24(50)15-34(26)57-35-16-25(51)8-12-27(35)37;2-1-3/h1-17,46,50H,18-19,47H2,(H,48,52)(H,49,53)(H,54,55);/p+1. The number of amides is 2. The van der Waals surface area contributed by atoms with Gasteiger partial charge in [0.1, 0.15) is 28.4 Å². The number of carboxylic acid groups (broad SMARTS) is 1. The fourth-order valence-electron chi connectivity index (χ4n) is 6.91.